The minimum Gasteiger partial charge on any atom is -0.497 e. The van der Waals surface area contributed by atoms with E-state index in [-0.39, 0.29) is 11.0 Å². The highest BCUT2D eigenvalue weighted by atomic mass is 32.2. The molecule has 0 saturated heterocycles. The molecule has 0 N–H and O–H groups in total. The third-order valence-corrected chi connectivity index (χ3v) is 5.08. The number of carbonyl (C=O) groups is 1. The molecule has 3 nitrogen and oxygen atoms in total. The summed E-state index contributed by atoms with van der Waals surface area (Å²) >= 11 is 1.56. The van der Waals surface area contributed by atoms with Crippen molar-refractivity contribution < 1.29 is 9.53 Å². The van der Waals surface area contributed by atoms with Gasteiger partial charge in [-0.1, -0.05) is 30.3 Å². The number of benzene rings is 2. The molecule has 0 radical (unpaired) electrons. The fraction of sp³-hybridized carbons (Fsp3) is 0.158. The Labute approximate surface area is 139 Å². The zero-order valence-electron chi connectivity index (χ0n) is 12.7. The number of allylic oxidation sites excluding steroid dienone is 2. The molecule has 2 aromatic carbocycles. The highest BCUT2D eigenvalue weighted by Gasteiger charge is 2.25. The lowest BCUT2D eigenvalue weighted by Gasteiger charge is -2.10. The van der Waals surface area contributed by atoms with E-state index in [0.29, 0.717) is 16.9 Å². The van der Waals surface area contributed by atoms with E-state index in [0.717, 1.165) is 16.9 Å². The Morgan fingerprint density at radius 1 is 1.26 bits per heavy atom. The molecule has 0 fully saturated rings. The van der Waals surface area contributed by atoms with Crippen molar-refractivity contribution in [1.29, 1.82) is 5.26 Å². The second-order valence-corrected chi connectivity index (χ2v) is 6.45. The van der Waals surface area contributed by atoms with Crippen molar-refractivity contribution in [2.75, 3.05) is 7.11 Å². The van der Waals surface area contributed by atoms with Gasteiger partial charge in [0.25, 0.3) is 0 Å². The SMILES string of the molecule is COc1cccc(C(=O)C2=CCC(c3cccc(C#N)c3)S2)c1. The van der Waals surface area contributed by atoms with Crippen molar-refractivity contribution in [3.63, 3.8) is 0 Å². The summed E-state index contributed by atoms with van der Waals surface area (Å²) in [5.41, 5.74) is 2.36. The highest BCUT2D eigenvalue weighted by molar-refractivity contribution is 8.04. The van der Waals surface area contributed by atoms with Gasteiger partial charge in [-0.15, -0.1) is 11.8 Å². The number of ketones is 1. The summed E-state index contributed by atoms with van der Waals surface area (Å²) in [7, 11) is 1.59. The van der Waals surface area contributed by atoms with Gasteiger partial charge in [0.15, 0.2) is 5.78 Å². The van der Waals surface area contributed by atoms with E-state index in [1.54, 1.807) is 37.1 Å². The standard InChI is InChI=1S/C19H15NO2S/c1-22-16-7-3-6-15(11-16)19(21)18-9-8-17(23-18)14-5-2-4-13(10-14)12-20/h2-7,9-11,17H,8H2,1H3. The van der Waals surface area contributed by atoms with E-state index >= 15 is 0 Å². The van der Waals surface area contributed by atoms with E-state index in [1.807, 2.05) is 36.4 Å². The van der Waals surface area contributed by atoms with Crippen LogP contribution in [0.3, 0.4) is 0 Å². The van der Waals surface area contributed by atoms with Crippen LogP contribution in [0.2, 0.25) is 0 Å². The first-order chi connectivity index (χ1) is 11.2. The Morgan fingerprint density at radius 2 is 2.09 bits per heavy atom. The Bertz CT molecular complexity index is 820. The number of hydrogen-bond acceptors (Lipinski definition) is 4. The molecule has 3 rings (SSSR count). The van der Waals surface area contributed by atoms with Gasteiger partial charge in [0.1, 0.15) is 5.75 Å². The second-order valence-electron chi connectivity index (χ2n) is 5.21. The quantitative estimate of drug-likeness (QED) is 0.777. The minimum atomic E-state index is 0.0211. The van der Waals surface area contributed by atoms with E-state index in [2.05, 4.69) is 6.07 Å². The number of nitrogens with zero attached hydrogens (tertiary/aromatic N) is 1. The summed E-state index contributed by atoms with van der Waals surface area (Å²) in [6.45, 7) is 0. The van der Waals surface area contributed by atoms with Crippen LogP contribution >= 0.6 is 11.8 Å². The van der Waals surface area contributed by atoms with Crippen molar-refractivity contribution in [3.8, 4) is 11.8 Å². The number of hydrogen-bond donors (Lipinski definition) is 0. The lowest BCUT2D eigenvalue weighted by Crippen LogP contribution is -2.00. The van der Waals surface area contributed by atoms with Crippen molar-refractivity contribution >= 4 is 17.5 Å². The maximum Gasteiger partial charge on any atom is 0.199 e. The maximum atomic E-state index is 12.6. The summed E-state index contributed by atoms with van der Waals surface area (Å²) < 4.78 is 5.17. The molecule has 2 aromatic rings. The zero-order valence-corrected chi connectivity index (χ0v) is 13.5. The molecule has 0 aromatic heterocycles. The van der Waals surface area contributed by atoms with Crippen LogP contribution in [0.4, 0.5) is 0 Å². The fourth-order valence-corrected chi connectivity index (χ4v) is 3.73. The fourth-order valence-electron chi connectivity index (χ4n) is 2.53. The van der Waals surface area contributed by atoms with Crippen LogP contribution in [0, 0.1) is 11.3 Å². The van der Waals surface area contributed by atoms with Gasteiger partial charge in [0.05, 0.1) is 23.6 Å². The summed E-state index contributed by atoms with van der Waals surface area (Å²) in [5, 5.41) is 9.20. The molecule has 0 aliphatic carbocycles. The van der Waals surface area contributed by atoms with Gasteiger partial charge >= 0.3 is 0 Å². The Hall–Kier alpha value is -2.51. The molecule has 0 saturated carbocycles. The first-order valence-corrected chi connectivity index (χ1v) is 8.15. The summed E-state index contributed by atoms with van der Waals surface area (Å²) in [5.74, 6) is 0.700. The van der Waals surface area contributed by atoms with Crippen LogP contribution in [-0.2, 0) is 0 Å². The molecule has 1 unspecified atom stereocenters. The number of Topliss-reactive ketones (excluding diaryl/α,β-unsaturated/α-hetero) is 1. The Kier molecular flexibility index (Phi) is 4.50. The van der Waals surface area contributed by atoms with Gasteiger partial charge in [0.2, 0.25) is 0 Å². The average Bonchev–Trinajstić information content (AvgIpc) is 3.11. The summed E-state index contributed by atoms with van der Waals surface area (Å²) in [6, 6.07) is 16.9. The van der Waals surface area contributed by atoms with E-state index < -0.39 is 0 Å². The van der Waals surface area contributed by atoms with Gasteiger partial charge in [-0.25, -0.2) is 0 Å². The normalized spacial score (nSPS) is 16.5. The zero-order chi connectivity index (χ0) is 16.2. The van der Waals surface area contributed by atoms with Gasteiger partial charge in [-0.05, 0) is 36.2 Å². The molecule has 1 aliphatic rings. The largest absolute Gasteiger partial charge is 0.497 e. The average molecular weight is 321 g/mol. The first kappa shape index (κ1) is 15.4. The van der Waals surface area contributed by atoms with E-state index in [1.165, 1.54) is 0 Å². The number of nitriles is 1. The molecular weight excluding hydrogens is 306 g/mol. The number of ether oxygens (including phenoxy) is 1. The summed E-state index contributed by atoms with van der Waals surface area (Å²) in [4.78, 5) is 13.4. The second kappa shape index (κ2) is 6.72. The van der Waals surface area contributed by atoms with Gasteiger partial charge in [-0.2, -0.15) is 5.26 Å². The third-order valence-electron chi connectivity index (χ3n) is 3.73. The molecule has 0 amide bonds. The van der Waals surface area contributed by atoms with Crippen LogP contribution in [0.25, 0.3) is 0 Å². The van der Waals surface area contributed by atoms with Crippen molar-refractivity contribution in [2.45, 2.75) is 11.7 Å². The predicted molar refractivity (Wildman–Crippen MR) is 91.5 cm³/mol. The predicted octanol–water partition coefficient (Wildman–Crippen LogP) is 4.51. The van der Waals surface area contributed by atoms with E-state index in [9.17, 15) is 4.79 Å². The van der Waals surface area contributed by atoms with Crippen molar-refractivity contribution in [3.05, 3.63) is 76.2 Å². The van der Waals surface area contributed by atoms with E-state index in [4.69, 9.17) is 10.00 Å². The van der Waals surface area contributed by atoms with Gasteiger partial charge in [0, 0.05) is 10.8 Å². The molecule has 1 aliphatic heterocycles. The molecule has 0 bridgehead atoms. The third kappa shape index (κ3) is 3.30. The van der Waals surface area contributed by atoms with Crippen molar-refractivity contribution in [2.24, 2.45) is 0 Å². The number of methoxy groups -OCH3 is 1. The Balaban J connectivity index is 1.76. The van der Waals surface area contributed by atoms with Gasteiger partial charge in [-0.3, -0.25) is 4.79 Å². The monoisotopic (exact) mass is 321 g/mol. The molecule has 0 spiro atoms. The minimum absolute atomic E-state index is 0.0211. The molecule has 4 heteroatoms. The topological polar surface area (TPSA) is 50.1 Å². The first-order valence-electron chi connectivity index (χ1n) is 7.27. The van der Waals surface area contributed by atoms with Gasteiger partial charge < -0.3 is 4.74 Å². The molecule has 114 valence electrons. The number of rotatable bonds is 4. The number of carbonyl (C=O) groups excluding carboxylic acids is 1. The molecule has 23 heavy (non-hydrogen) atoms. The molecular formula is C19H15NO2S. The van der Waals surface area contributed by atoms with Crippen LogP contribution in [0.15, 0.2) is 59.5 Å². The summed E-state index contributed by atoms with van der Waals surface area (Å²) in [6.07, 6.45) is 2.78. The molecule has 1 atom stereocenters. The number of thioether (sulfide) groups is 1. The molecule has 1 heterocycles. The Morgan fingerprint density at radius 3 is 2.87 bits per heavy atom. The van der Waals surface area contributed by atoms with Crippen LogP contribution in [0.1, 0.15) is 33.2 Å². The lowest BCUT2D eigenvalue weighted by atomic mass is 10.1. The maximum absolute atomic E-state index is 12.6. The lowest BCUT2D eigenvalue weighted by molar-refractivity contribution is 0.104. The van der Waals surface area contributed by atoms with Crippen molar-refractivity contribution in [1.82, 2.24) is 0 Å². The smallest absolute Gasteiger partial charge is 0.199 e. The van der Waals surface area contributed by atoms with Crippen LogP contribution in [-0.4, -0.2) is 12.9 Å². The van der Waals surface area contributed by atoms with Crippen LogP contribution in [0.5, 0.6) is 5.75 Å². The van der Waals surface area contributed by atoms with Crippen LogP contribution < -0.4 is 4.74 Å². The highest BCUT2D eigenvalue weighted by Crippen LogP contribution is 2.44.